The topological polar surface area (TPSA) is 159 Å². The van der Waals surface area contributed by atoms with Crippen molar-refractivity contribution in [1.29, 1.82) is 16.1 Å². The monoisotopic (exact) mass is 578 g/mol. The lowest BCUT2D eigenvalue weighted by molar-refractivity contribution is -0.146. The maximum atomic E-state index is 13.3. The quantitative estimate of drug-likeness (QED) is 0.351. The Morgan fingerprint density at radius 2 is 1.85 bits per heavy atom. The third-order valence-corrected chi connectivity index (χ3v) is 10.0. The first kappa shape index (κ1) is 27.5. The van der Waals surface area contributed by atoms with Crippen LogP contribution in [-0.2, 0) is 14.8 Å². The summed E-state index contributed by atoms with van der Waals surface area (Å²) >= 11 is 0.223. The number of nitrogens with zero attached hydrogens (tertiary/aromatic N) is 5. The molecular formula is C24H28F2N8O3S2. The van der Waals surface area contributed by atoms with Crippen LogP contribution in [-0.4, -0.2) is 77.4 Å². The third kappa shape index (κ3) is 5.12. The zero-order valence-corrected chi connectivity index (χ0v) is 22.8. The zero-order chi connectivity index (χ0) is 28.2. The number of hydrogen-bond donors (Lipinski definition) is 3. The van der Waals surface area contributed by atoms with Gasteiger partial charge >= 0.3 is 0 Å². The summed E-state index contributed by atoms with van der Waals surface area (Å²) in [7, 11) is -4.16. The lowest BCUT2D eigenvalue weighted by Crippen LogP contribution is -2.54. The fourth-order valence-corrected chi connectivity index (χ4v) is 6.93. The van der Waals surface area contributed by atoms with Crippen molar-refractivity contribution in [1.82, 2.24) is 19.4 Å². The molecule has 3 fully saturated rings. The number of sulfonamides is 1. The standard InChI is InChI=1S/C24H28F2N8O3S2/c1-23(3-2-4-23)21(35)33-9-7-32(8-10-33)17-11-15(39(36,37)31-24(14-27)5-6-24)12-18-16(17)13-30-34(18)22(29)38-20(28)19(25)26/h11-13,19,28-29,31H,2-10H2,1H3. The van der Waals surface area contributed by atoms with E-state index in [1.165, 1.54) is 18.3 Å². The van der Waals surface area contributed by atoms with Crippen LogP contribution in [0, 0.1) is 27.6 Å². The predicted octanol–water partition coefficient (Wildman–Crippen LogP) is 2.97. The molecule has 1 aromatic heterocycles. The number of aromatic nitrogens is 2. The average Bonchev–Trinajstić information content (AvgIpc) is 3.52. The second kappa shape index (κ2) is 9.83. The first-order valence-electron chi connectivity index (χ1n) is 12.5. The molecule has 11 nitrogen and oxygen atoms in total. The number of hydrogen-bond acceptors (Lipinski definition) is 9. The van der Waals surface area contributed by atoms with Crippen LogP contribution >= 0.6 is 11.8 Å². The van der Waals surface area contributed by atoms with Crippen LogP contribution in [0.3, 0.4) is 0 Å². The molecule has 0 radical (unpaired) electrons. The number of thioether (sulfide) groups is 1. The Hall–Kier alpha value is -3.09. The third-order valence-electron chi connectivity index (χ3n) is 7.72. The minimum Gasteiger partial charge on any atom is -0.367 e. The minimum atomic E-state index is -4.16. The lowest BCUT2D eigenvalue weighted by Gasteiger charge is -2.44. The molecule has 2 aliphatic carbocycles. The SMILES string of the molecule is CC1(C(=O)N2CCN(c3cc(S(=O)(=O)NC4(C#N)CC4)cc4c3cnn4C(=N)SC(=N)C(F)F)CC2)CCC1. The zero-order valence-electron chi connectivity index (χ0n) is 21.2. The van der Waals surface area contributed by atoms with Gasteiger partial charge in [0.25, 0.3) is 6.43 Å². The number of alkyl halides is 2. The number of carbonyl (C=O) groups excluding carboxylic acids is 1. The Balaban J connectivity index is 1.49. The molecule has 0 spiro atoms. The van der Waals surface area contributed by atoms with Gasteiger partial charge in [-0.25, -0.2) is 21.9 Å². The van der Waals surface area contributed by atoms with Crippen molar-refractivity contribution in [2.75, 3.05) is 31.1 Å². The van der Waals surface area contributed by atoms with Crippen LogP contribution in [0.15, 0.2) is 23.2 Å². The molecule has 3 N–H and O–H groups in total. The highest BCUT2D eigenvalue weighted by Gasteiger charge is 2.47. The highest BCUT2D eigenvalue weighted by atomic mass is 32.2. The summed E-state index contributed by atoms with van der Waals surface area (Å²) in [5.74, 6) is 0.130. The molecule has 39 heavy (non-hydrogen) atoms. The van der Waals surface area contributed by atoms with Gasteiger partial charge in [0, 0.05) is 42.7 Å². The van der Waals surface area contributed by atoms with E-state index in [4.69, 9.17) is 10.8 Å². The maximum absolute atomic E-state index is 13.3. The van der Waals surface area contributed by atoms with Gasteiger partial charge in [-0.3, -0.25) is 15.6 Å². The Morgan fingerprint density at radius 3 is 2.38 bits per heavy atom. The van der Waals surface area contributed by atoms with Crippen LogP contribution in [0.4, 0.5) is 14.5 Å². The molecule has 1 saturated heterocycles. The van der Waals surface area contributed by atoms with Crippen molar-refractivity contribution in [3.63, 3.8) is 0 Å². The molecule has 0 atom stereocenters. The van der Waals surface area contributed by atoms with Gasteiger partial charge in [-0.1, -0.05) is 13.3 Å². The Labute approximate surface area is 228 Å². The number of fused-ring (bicyclic) bond motifs is 1. The number of amides is 1. The van der Waals surface area contributed by atoms with E-state index in [2.05, 4.69) is 9.82 Å². The average molecular weight is 579 g/mol. The van der Waals surface area contributed by atoms with Crippen LogP contribution in [0.25, 0.3) is 10.9 Å². The Morgan fingerprint density at radius 1 is 1.18 bits per heavy atom. The molecule has 1 amide bonds. The number of rotatable bonds is 6. The minimum absolute atomic E-state index is 0.130. The number of piperazine rings is 1. The molecule has 2 heterocycles. The summed E-state index contributed by atoms with van der Waals surface area (Å²) in [4.78, 5) is 16.6. The number of nitrogens with one attached hydrogen (secondary N) is 3. The van der Waals surface area contributed by atoms with Gasteiger partial charge in [-0.05, 0) is 49.6 Å². The molecular weight excluding hydrogens is 550 g/mol. The molecule has 2 aromatic rings. The lowest BCUT2D eigenvalue weighted by atomic mass is 9.69. The first-order chi connectivity index (χ1) is 18.4. The molecule has 15 heteroatoms. The first-order valence-corrected chi connectivity index (χ1v) is 14.8. The van der Waals surface area contributed by atoms with E-state index >= 15 is 0 Å². The van der Waals surface area contributed by atoms with E-state index in [1.807, 2.05) is 22.8 Å². The fourth-order valence-electron chi connectivity index (χ4n) is 4.98. The Bertz CT molecular complexity index is 1500. The van der Waals surface area contributed by atoms with E-state index in [-0.39, 0.29) is 33.5 Å². The summed E-state index contributed by atoms with van der Waals surface area (Å²) in [5, 5.41) is 28.2. The second-order valence-electron chi connectivity index (χ2n) is 10.5. The molecule has 2 saturated carbocycles. The van der Waals surface area contributed by atoms with Gasteiger partial charge in [-0.2, -0.15) is 15.1 Å². The number of halogens is 2. The summed E-state index contributed by atoms with van der Waals surface area (Å²) in [6.45, 7) is 3.76. The fraction of sp³-hybridized carbons (Fsp3) is 0.542. The number of nitriles is 1. The van der Waals surface area contributed by atoms with Crippen LogP contribution < -0.4 is 9.62 Å². The molecule has 3 aliphatic rings. The van der Waals surface area contributed by atoms with E-state index < -0.39 is 32.2 Å². The largest absolute Gasteiger partial charge is 0.367 e. The van der Waals surface area contributed by atoms with E-state index in [0.717, 1.165) is 23.9 Å². The van der Waals surface area contributed by atoms with Crippen LogP contribution in [0.1, 0.15) is 39.0 Å². The van der Waals surface area contributed by atoms with Gasteiger partial charge in [0.15, 0.2) is 5.17 Å². The van der Waals surface area contributed by atoms with Crippen LogP contribution in [0.2, 0.25) is 0 Å². The van der Waals surface area contributed by atoms with Crippen molar-refractivity contribution in [3.8, 4) is 6.07 Å². The van der Waals surface area contributed by atoms with Gasteiger partial charge in [0.1, 0.15) is 10.6 Å². The molecule has 0 unspecified atom stereocenters. The summed E-state index contributed by atoms with van der Waals surface area (Å²) in [6.07, 6.45) is 1.93. The van der Waals surface area contributed by atoms with Crippen molar-refractivity contribution in [3.05, 3.63) is 18.3 Å². The van der Waals surface area contributed by atoms with Gasteiger partial charge in [0.05, 0.1) is 22.7 Å². The number of carbonyl (C=O) groups is 1. The van der Waals surface area contributed by atoms with Gasteiger partial charge in [-0.15, -0.1) is 0 Å². The number of anilines is 1. The maximum Gasteiger partial charge on any atom is 0.286 e. The smallest absolute Gasteiger partial charge is 0.286 e. The number of benzene rings is 1. The van der Waals surface area contributed by atoms with Crippen molar-refractivity contribution in [2.24, 2.45) is 5.41 Å². The highest BCUT2D eigenvalue weighted by molar-refractivity contribution is 8.26. The van der Waals surface area contributed by atoms with Crippen molar-refractivity contribution >= 4 is 54.5 Å². The van der Waals surface area contributed by atoms with E-state index in [0.29, 0.717) is 50.1 Å². The van der Waals surface area contributed by atoms with E-state index in [9.17, 15) is 27.3 Å². The summed E-state index contributed by atoms with van der Waals surface area (Å²) < 4.78 is 56.0. The molecule has 1 aromatic carbocycles. The van der Waals surface area contributed by atoms with Crippen molar-refractivity contribution in [2.45, 2.75) is 55.9 Å². The summed E-state index contributed by atoms with van der Waals surface area (Å²) in [6, 6.07) is 4.77. The second-order valence-corrected chi connectivity index (χ2v) is 13.2. The molecule has 1 aliphatic heterocycles. The molecule has 0 bridgehead atoms. The molecule has 5 rings (SSSR count). The highest BCUT2D eigenvalue weighted by Crippen LogP contribution is 2.42. The Kier molecular flexibility index (Phi) is 6.92. The predicted molar refractivity (Wildman–Crippen MR) is 143 cm³/mol. The van der Waals surface area contributed by atoms with Crippen molar-refractivity contribution < 1.29 is 22.0 Å². The van der Waals surface area contributed by atoms with E-state index in [1.54, 1.807) is 0 Å². The van der Waals surface area contributed by atoms with Gasteiger partial charge < -0.3 is 9.80 Å². The molecule has 208 valence electrons. The van der Waals surface area contributed by atoms with Gasteiger partial charge in [0.2, 0.25) is 15.9 Å². The van der Waals surface area contributed by atoms with Crippen LogP contribution in [0.5, 0.6) is 0 Å². The normalized spacial score (nSPS) is 20.0. The summed E-state index contributed by atoms with van der Waals surface area (Å²) in [5.41, 5.74) is -0.786.